The highest BCUT2D eigenvalue weighted by molar-refractivity contribution is 7.09. The van der Waals surface area contributed by atoms with Crippen LogP contribution in [0.25, 0.3) is 11.3 Å². The number of nitro groups is 1. The number of nitrogens with zero attached hydrogens (tertiary/aromatic N) is 3. The number of thiazole rings is 1. The molecule has 1 aromatic heterocycles. The molecule has 8 nitrogen and oxygen atoms in total. The van der Waals surface area contributed by atoms with Crippen molar-refractivity contribution in [2.45, 2.75) is 13.5 Å². The molecule has 0 atom stereocenters. The minimum absolute atomic E-state index is 0.0718. The van der Waals surface area contributed by atoms with E-state index in [0.29, 0.717) is 38.5 Å². The summed E-state index contributed by atoms with van der Waals surface area (Å²) in [4.78, 5) is 30.1. The highest BCUT2D eigenvalue weighted by atomic mass is 32.1. The van der Waals surface area contributed by atoms with E-state index in [0.717, 1.165) is 21.8 Å². The van der Waals surface area contributed by atoms with Gasteiger partial charge in [0.15, 0.2) is 0 Å². The van der Waals surface area contributed by atoms with Gasteiger partial charge in [-0.25, -0.2) is 4.98 Å². The lowest BCUT2D eigenvalue weighted by atomic mass is 10.1. The molecule has 0 radical (unpaired) electrons. The number of hydrogen-bond acceptors (Lipinski definition) is 7. The van der Waals surface area contributed by atoms with Gasteiger partial charge in [0.2, 0.25) is 0 Å². The number of carbonyl (C=O) groups is 1. The first-order chi connectivity index (χ1) is 15.0. The molecule has 9 heteroatoms. The van der Waals surface area contributed by atoms with E-state index in [1.54, 1.807) is 23.5 Å². The van der Waals surface area contributed by atoms with Gasteiger partial charge in [-0.05, 0) is 24.6 Å². The summed E-state index contributed by atoms with van der Waals surface area (Å²) in [7, 11) is 0. The Morgan fingerprint density at radius 1 is 1.23 bits per heavy atom. The molecule has 1 aliphatic heterocycles. The van der Waals surface area contributed by atoms with E-state index in [-0.39, 0.29) is 17.2 Å². The first kappa shape index (κ1) is 21.0. The first-order valence-electron chi connectivity index (χ1n) is 9.92. The third kappa shape index (κ3) is 4.89. The Morgan fingerprint density at radius 2 is 1.97 bits per heavy atom. The van der Waals surface area contributed by atoms with Crippen LogP contribution in [0, 0.1) is 17.0 Å². The maximum atomic E-state index is 12.6. The second-order valence-corrected chi connectivity index (χ2v) is 8.25. The van der Waals surface area contributed by atoms with Crippen LogP contribution >= 0.6 is 11.3 Å². The van der Waals surface area contributed by atoms with Gasteiger partial charge in [0.1, 0.15) is 5.69 Å². The normalized spacial score (nSPS) is 13.8. The fraction of sp³-hybridized carbons (Fsp3) is 0.273. The lowest BCUT2D eigenvalue weighted by Crippen LogP contribution is -2.36. The summed E-state index contributed by atoms with van der Waals surface area (Å²) >= 11 is 1.60. The van der Waals surface area contributed by atoms with Crippen molar-refractivity contribution in [2.75, 3.05) is 31.2 Å². The minimum atomic E-state index is -0.444. The Morgan fingerprint density at radius 3 is 2.61 bits per heavy atom. The molecule has 2 heterocycles. The standard InChI is InChI=1S/C22H22N4O4S/c1-15-24-19(14-31-15)17-4-2-16(3-5-17)13-23-22(27)18-6-7-20(21(12-18)26(28)29)25-8-10-30-11-9-25/h2-7,12,14H,8-11,13H2,1H3,(H,23,27). The average molecular weight is 439 g/mol. The van der Waals surface area contributed by atoms with E-state index in [1.165, 1.54) is 6.07 Å². The quantitative estimate of drug-likeness (QED) is 0.464. The van der Waals surface area contributed by atoms with Crippen molar-refractivity contribution in [3.8, 4) is 11.3 Å². The highest BCUT2D eigenvalue weighted by Crippen LogP contribution is 2.30. The predicted molar refractivity (Wildman–Crippen MR) is 120 cm³/mol. The van der Waals surface area contributed by atoms with Gasteiger partial charge >= 0.3 is 0 Å². The number of nitro benzene ring substituents is 1. The topological polar surface area (TPSA) is 97.6 Å². The maximum Gasteiger partial charge on any atom is 0.293 e. The van der Waals surface area contributed by atoms with Crippen molar-refractivity contribution in [3.63, 3.8) is 0 Å². The van der Waals surface area contributed by atoms with E-state index in [2.05, 4.69) is 10.3 Å². The molecule has 3 aromatic rings. The second kappa shape index (κ2) is 9.23. The number of carbonyl (C=O) groups excluding carboxylic acids is 1. The number of anilines is 1. The van der Waals surface area contributed by atoms with Gasteiger partial charge in [-0.3, -0.25) is 14.9 Å². The summed E-state index contributed by atoms with van der Waals surface area (Å²) in [5.41, 5.74) is 3.59. The van der Waals surface area contributed by atoms with Crippen LogP contribution in [0.5, 0.6) is 0 Å². The van der Waals surface area contributed by atoms with Crippen molar-refractivity contribution in [1.82, 2.24) is 10.3 Å². The summed E-state index contributed by atoms with van der Waals surface area (Å²) in [5, 5.41) is 17.4. The Bertz CT molecular complexity index is 1090. The summed E-state index contributed by atoms with van der Waals surface area (Å²) in [5.74, 6) is -0.351. The SMILES string of the molecule is Cc1nc(-c2ccc(CNC(=O)c3ccc(N4CCOCC4)c([N+](=O)[O-])c3)cc2)cs1. The Kier molecular flexibility index (Phi) is 6.24. The number of benzene rings is 2. The zero-order valence-corrected chi connectivity index (χ0v) is 17.9. The molecule has 1 saturated heterocycles. The van der Waals surface area contributed by atoms with Crippen molar-refractivity contribution in [3.05, 3.63) is 74.1 Å². The fourth-order valence-electron chi connectivity index (χ4n) is 3.46. The third-order valence-electron chi connectivity index (χ3n) is 5.11. The molecule has 0 spiro atoms. The molecule has 1 aliphatic rings. The maximum absolute atomic E-state index is 12.6. The molecule has 0 aliphatic carbocycles. The van der Waals surface area contributed by atoms with Crippen LogP contribution in [-0.2, 0) is 11.3 Å². The molecular weight excluding hydrogens is 416 g/mol. The van der Waals surface area contributed by atoms with Crippen molar-refractivity contribution in [2.24, 2.45) is 0 Å². The molecule has 0 unspecified atom stereocenters. The number of amides is 1. The second-order valence-electron chi connectivity index (χ2n) is 7.19. The summed E-state index contributed by atoms with van der Waals surface area (Å²) in [6, 6.07) is 12.4. The molecule has 160 valence electrons. The van der Waals surface area contributed by atoms with Gasteiger partial charge < -0.3 is 15.0 Å². The van der Waals surface area contributed by atoms with Crippen molar-refractivity contribution in [1.29, 1.82) is 0 Å². The number of aromatic nitrogens is 1. The molecule has 2 aromatic carbocycles. The molecule has 1 fully saturated rings. The van der Waals surface area contributed by atoms with Crippen LogP contribution < -0.4 is 10.2 Å². The van der Waals surface area contributed by atoms with Gasteiger partial charge in [0.25, 0.3) is 11.6 Å². The van der Waals surface area contributed by atoms with Crippen LogP contribution in [-0.4, -0.2) is 42.1 Å². The zero-order valence-electron chi connectivity index (χ0n) is 17.0. The molecule has 0 bridgehead atoms. The van der Waals surface area contributed by atoms with Crippen LogP contribution in [0.2, 0.25) is 0 Å². The largest absolute Gasteiger partial charge is 0.378 e. The van der Waals surface area contributed by atoms with E-state index in [1.807, 2.05) is 41.5 Å². The number of hydrogen-bond donors (Lipinski definition) is 1. The Balaban J connectivity index is 1.43. The number of morpholine rings is 1. The van der Waals surface area contributed by atoms with Crippen LogP contribution in [0.3, 0.4) is 0 Å². The van der Waals surface area contributed by atoms with Gasteiger partial charge in [0, 0.05) is 42.2 Å². The van der Waals surface area contributed by atoms with Crippen LogP contribution in [0.4, 0.5) is 11.4 Å². The molecule has 31 heavy (non-hydrogen) atoms. The van der Waals surface area contributed by atoms with Gasteiger partial charge in [-0.2, -0.15) is 0 Å². The Labute approximate surface area is 183 Å². The lowest BCUT2D eigenvalue weighted by Gasteiger charge is -2.28. The smallest absolute Gasteiger partial charge is 0.293 e. The van der Waals surface area contributed by atoms with E-state index < -0.39 is 4.92 Å². The zero-order chi connectivity index (χ0) is 21.8. The van der Waals surface area contributed by atoms with Crippen LogP contribution in [0.15, 0.2) is 47.8 Å². The number of aryl methyl sites for hydroxylation is 1. The lowest BCUT2D eigenvalue weighted by molar-refractivity contribution is -0.384. The van der Waals surface area contributed by atoms with E-state index >= 15 is 0 Å². The number of ether oxygens (including phenoxy) is 1. The first-order valence-corrected chi connectivity index (χ1v) is 10.8. The summed E-state index contributed by atoms with van der Waals surface area (Å²) < 4.78 is 5.31. The van der Waals surface area contributed by atoms with Gasteiger partial charge in [-0.1, -0.05) is 24.3 Å². The number of rotatable bonds is 6. The Hall–Kier alpha value is -3.30. The predicted octanol–water partition coefficient (Wildman–Crippen LogP) is 3.79. The average Bonchev–Trinajstić information content (AvgIpc) is 3.24. The monoisotopic (exact) mass is 438 g/mol. The minimum Gasteiger partial charge on any atom is -0.378 e. The van der Waals surface area contributed by atoms with E-state index in [4.69, 9.17) is 4.74 Å². The van der Waals surface area contributed by atoms with Crippen molar-refractivity contribution >= 4 is 28.6 Å². The van der Waals surface area contributed by atoms with Gasteiger partial charge in [0.05, 0.1) is 28.8 Å². The molecule has 1 N–H and O–H groups in total. The summed E-state index contributed by atoms with van der Waals surface area (Å²) in [6.07, 6.45) is 0. The van der Waals surface area contributed by atoms with Gasteiger partial charge in [-0.15, -0.1) is 11.3 Å². The molecule has 0 saturated carbocycles. The summed E-state index contributed by atoms with van der Waals surface area (Å²) in [6.45, 7) is 4.52. The number of nitrogens with one attached hydrogen (secondary N) is 1. The third-order valence-corrected chi connectivity index (χ3v) is 5.88. The molecule has 4 rings (SSSR count). The van der Waals surface area contributed by atoms with Crippen LogP contribution in [0.1, 0.15) is 20.9 Å². The van der Waals surface area contributed by atoms with E-state index in [9.17, 15) is 14.9 Å². The van der Waals surface area contributed by atoms with Crippen molar-refractivity contribution < 1.29 is 14.5 Å². The fourth-order valence-corrected chi connectivity index (χ4v) is 4.08. The molecule has 1 amide bonds. The highest BCUT2D eigenvalue weighted by Gasteiger charge is 2.23. The molecular formula is C22H22N4O4S.